The first kappa shape index (κ1) is 22.1. The fourth-order valence-corrected chi connectivity index (χ4v) is 5.07. The van der Waals surface area contributed by atoms with Crippen molar-refractivity contribution in [3.63, 3.8) is 0 Å². The molecule has 1 amide bonds. The van der Waals surface area contributed by atoms with Crippen molar-refractivity contribution in [2.75, 3.05) is 5.32 Å². The van der Waals surface area contributed by atoms with E-state index in [0.717, 1.165) is 10.0 Å². The summed E-state index contributed by atoms with van der Waals surface area (Å²) in [6.07, 6.45) is 0. The average molecular weight is 532 g/mol. The van der Waals surface area contributed by atoms with Gasteiger partial charge in [-0.15, -0.1) is 0 Å². The van der Waals surface area contributed by atoms with Gasteiger partial charge in [-0.3, -0.25) is 9.69 Å². The molecule has 0 unspecified atom stereocenters. The summed E-state index contributed by atoms with van der Waals surface area (Å²) in [4.78, 5) is 20.1. The fraction of sp³-hybridized carbons (Fsp3) is 0.0800. The maximum atomic E-state index is 13.5. The van der Waals surface area contributed by atoms with E-state index in [4.69, 9.17) is 10.2 Å². The molecule has 7 nitrogen and oxygen atoms in total. The molecule has 0 saturated heterocycles. The van der Waals surface area contributed by atoms with Gasteiger partial charge in [0.25, 0.3) is 5.91 Å². The largest absolute Gasteiger partial charge is 0.458 e. The minimum atomic E-state index is -0.682. The highest BCUT2D eigenvalue weighted by Gasteiger charge is 2.43. The van der Waals surface area contributed by atoms with Crippen molar-refractivity contribution in [2.24, 2.45) is 10.7 Å². The van der Waals surface area contributed by atoms with Crippen LogP contribution in [0.1, 0.15) is 18.7 Å². The topological polar surface area (TPSA) is 108 Å². The Hall–Kier alpha value is -3.74. The number of benzene rings is 2. The second kappa shape index (κ2) is 8.89. The number of nitriles is 1. The van der Waals surface area contributed by atoms with Gasteiger partial charge in [0, 0.05) is 15.7 Å². The zero-order valence-electron chi connectivity index (χ0n) is 17.9. The van der Waals surface area contributed by atoms with Gasteiger partial charge in [0.1, 0.15) is 34.4 Å². The quantitative estimate of drug-likeness (QED) is 0.444. The molecule has 3 N–H and O–H groups in total. The zero-order chi connectivity index (χ0) is 23.8. The number of amides is 1. The van der Waals surface area contributed by atoms with Crippen molar-refractivity contribution < 1.29 is 9.21 Å². The third-order valence-electron chi connectivity index (χ3n) is 5.48. The normalized spacial score (nSPS) is 17.4. The number of carbonyl (C=O) groups excluding carboxylic acids is 1. The molecule has 1 atom stereocenters. The van der Waals surface area contributed by atoms with Crippen LogP contribution < -0.4 is 11.1 Å². The minimum Gasteiger partial charge on any atom is -0.458 e. The number of fused-ring (bicyclic) bond motifs is 1. The van der Waals surface area contributed by atoms with Gasteiger partial charge >= 0.3 is 0 Å². The van der Waals surface area contributed by atoms with Gasteiger partial charge in [0.2, 0.25) is 0 Å². The molecule has 0 spiro atoms. The third-order valence-corrected chi connectivity index (χ3v) is 6.98. The SMILES string of the molecule is CC1=C(C(=O)Nc2ccccc2)[C@H](c2ccc(-c3ccc(Br)cc3)o2)N2C(=N1)SC(C#N)=C2N. The number of nitrogens with zero attached hydrogens (tertiary/aromatic N) is 3. The number of anilines is 1. The second-order valence-corrected chi connectivity index (χ2v) is 9.52. The Bertz CT molecular complexity index is 1420. The molecule has 2 aliphatic heterocycles. The van der Waals surface area contributed by atoms with Crippen molar-refractivity contribution in [3.05, 3.63) is 99.0 Å². The number of aliphatic imine (C=N–C) groups is 1. The van der Waals surface area contributed by atoms with Gasteiger partial charge in [0.05, 0.1) is 11.3 Å². The zero-order valence-corrected chi connectivity index (χ0v) is 20.4. The summed E-state index contributed by atoms with van der Waals surface area (Å²) < 4.78 is 7.22. The highest BCUT2D eigenvalue weighted by molar-refractivity contribution is 9.10. The lowest BCUT2D eigenvalue weighted by molar-refractivity contribution is -0.113. The maximum absolute atomic E-state index is 13.5. The summed E-state index contributed by atoms with van der Waals surface area (Å²) in [6.45, 7) is 1.77. The summed E-state index contributed by atoms with van der Waals surface area (Å²) in [5.74, 6) is 1.10. The molecule has 0 aliphatic carbocycles. The van der Waals surface area contributed by atoms with Crippen molar-refractivity contribution in [2.45, 2.75) is 13.0 Å². The molecule has 0 bridgehead atoms. The Morgan fingerprint density at radius 3 is 2.62 bits per heavy atom. The van der Waals surface area contributed by atoms with Gasteiger partial charge in [-0.25, -0.2) is 4.99 Å². The first-order valence-corrected chi connectivity index (χ1v) is 12.0. The molecule has 0 radical (unpaired) electrons. The molecule has 2 aliphatic rings. The Kier molecular flexibility index (Phi) is 5.77. The van der Waals surface area contributed by atoms with Crippen LogP contribution in [0.4, 0.5) is 5.69 Å². The number of halogens is 1. The fourth-order valence-electron chi connectivity index (χ4n) is 3.89. The molecular formula is C25H18BrN5O2S. The monoisotopic (exact) mass is 531 g/mol. The lowest BCUT2D eigenvalue weighted by atomic mass is 9.98. The van der Waals surface area contributed by atoms with Gasteiger partial charge in [-0.2, -0.15) is 5.26 Å². The number of nitrogens with one attached hydrogen (secondary N) is 1. The van der Waals surface area contributed by atoms with Crippen LogP contribution in [0.25, 0.3) is 11.3 Å². The highest BCUT2D eigenvalue weighted by Crippen LogP contribution is 2.46. The van der Waals surface area contributed by atoms with Crippen molar-refractivity contribution in [3.8, 4) is 17.4 Å². The van der Waals surface area contributed by atoms with Crippen molar-refractivity contribution >= 4 is 44.5 Å². The Balaban J connectivity index is 1.59. The molecule has 34 heavy (non-hydrogen) atoms. The number of furan rings is 1. The summed E-state index contributed by atoms with van der Waals surface area (Å²) in [5, 5.41) is 13.0. The number of amidine groups is 1. The standard InChI is InChI=1S/C25H18BrN5O2S/c1-14-21(24(32)30-17-5-3-2-4-6-17)22(31-23(28)20(13-27)34-25(31)29-14)19-12-11-18(33-19)15-7-9-16(26)10-8-15/h2-12,22H,28H2,1H3,(H,30,32)/t22-/m0/s1. The van der Waals surface area contributed by atoms with Crippen LogP contribution in [-0.4, -0.2) is 16.0 Å². The van der Waals surface area contributed by atoms with Gasteiger partial charge in [0.15, 0.2) is 5.17 Å². The third kappa shape index (κ3) is 3.91. The molecule has 5 rings (SSSR count). The molecule has 0 fully saturated rings. The number of allylic oxidation sites excluding steroid dienone is 2. The minimum absolute atomic E-state index is 0.246. The number of thioether (sulfide) groups is 1. The van der Waals surface area contributed by atoms with E-state index in [1.54, 1.807) is 11.8 Å². The van der Waals surface area contributed by atoms with E-state index in [2.05, 4.69) is 32.3 Å². The predicted octanol–water partition coefficient (Wildman–Crippen LogP) is 5.73. The number of nitrogens with two attached hydrogens (primary N) is 1. The van der Waals surface area contributed by atoms with Gasteiger partial charge in [-0.05, 0) is 55.1 Å². The molecule has 1 aromatic heterocycles. The number of hydrogen-bond donors (Lipinski definition) is 2. The van der Waals surface area contributed by atoms with Crippen LogP contribution in [0.2, 0.25) is 0 Å². The van der Waals surface area contributed by atoms with Crippen LogP contribution in [-0.2, 0) is 4.79 Å². The Labute approximate surface area is 208 Å². The highest BCUT2D eigenvalue weighted by atomic mass is 79.9. The van der Waals surface area contributed by atoms with E-state index >= 15 is 0 Å². The first-order valence-electron chi connectivity index (χ1n) is 10.3. The molecular weight excluding hydrogens is 514 g/mol. The summed E-state index contributed by atoms with van der Waals surface area (Å²) >= 11 is 4.63. The lowest BCUT2D eigenvalue weighted by Gasteiger charge is -2.33. The molecule has 168 valence electrons. The Morgan fingerprint density at radius 2 is 1.91 bits per heavy atom. The first-order chi connectivity index (χ1) is 16.5. The van der Waals surface area contributed by atoms with E-state index in [1.165, 1.54) is 11.8 Å². The van der Waals surface area contributed by atoms with Crippen LogP contribution >= 0.6 is 27.7 Å². The van der Waals surface area contributed by atoms with Crippen molar-refractivity contribution in [1.82, 2.24) is 4.90 Å². The molecule has 2 aromatic carbocycles. The van der Waals surface area contributed by atoms with Crippen molar-refractivity contribution in [1.29, 1.82) is 5.26 Å². The molecule has 3 heterocycles. The van der Waals surface area contributed by atoms with E-state index in [9.17, 15) is 10.1 Å². The van der Waals surface area contributed by atoms with E-state index < -0.39 is 6.04 Å². The van der Waals surface area contributed by atoms with Crippen LogP contribution in [0.5, 0.6) is 0 Å². The van der Waals surface area contributed by atoms with Crippen LogP contribution in [0, 0.1) is 11.3 Å². The molecule has 3 aromatic rings. The number of carbonyl (C=O) groups is 1. The number of hydrogen-bond acceptors (Lipinski definition) is 7. The summed E-state index contributed by atoms with van der Waals surface area (Å²) in [6, 6.07) is 22.1. The van der Waals surface area contributed by atoms with E-state index in [0.29, 0.717) is 38.6 Å². The van der Waals surface area contributed by atoms with E-state index in [-0.39, 0.29) is 11.7 Å². The predicted molar refractivity (Wildman–Crippen MR) is 136 cm³/mol. The second-order valence-electron chi connectivity index (χ2n) is 7.62. The molecule has 9 heteroatoms. The van der Waals surface area contributed by atoms with E-state index in [1.807, 2.05) is 66.7 Å². The number of para-hydroxylation sites is 1. The van der Waals surface area contributed by atoms with Crippen LogP contribution in [0.15, 0.2) is 103 Å². The smallest absolute Gasteiger partial charge is 0.256 e. The van der Waals surface area contributed by atoms with Gasteiger partial charge < -0.3 is 15.5 Å². The summed E-state index contributed by atoms with van der Waals surface area (Å²) in [7, 11) is 0. The van der Waals surface area contributed by atoms with Crippen LogP contribution in [0.3, 0.4) is 0 Å². The average Bonchev–Trinajstić information content (AvgIpc) is 3.44. The summed E-state index contributed by atoms with van der Waals surface area (Å²) in [5.41, 5.74) is 8.83. The number of rotatable bonds is 4. The lowest BCUT2D eigenvalue weighted by Crippen LogP contribution is -2.39. The van der Waals surface area contributed by atoms with Gasteiger partial charge in [-0.1, -0.05) is 46.3 Å². The molecule has 0 saturated carbocycles. The maximum Gasteiger partial charge on any atom is 0.256 e. The Morgan fingerprint density at radius 1 is 1.18 bits per heavy atom.